The van der Waals surface area contributed by atoms with E-state index < -0.39 is 11.8 Å². The number of carbonyl (C=O) groups excluding carboxylic acids is 2. The number of terminal acetylenes is 1. The van der Waals surface area contributed by atoms with Crippen molar-refractivity contribution in [3.05, 3.63) is 29.6 Å². The number of esters is 1. The molecule has 2 N–H and O–H groups in total. The van der Waals surface area contributed by atoms with Gasteiger partial charge in [0.05, 0.1) is 25.8 Å². The highest BCUT2D eigenvalue weighted by molar-refractivity contribution is 5.95. The van der Waals surface area contributed by atoms with E-state index in [1.54, 1.807) is 0 Å². The molecule has 0 aliphatic heterocycles. The summed E-state index contributed by atoms with van der Waals surface area (Å²) in [4.78, 5) is 22.7. The van der Waals surface area contributed by atoms with Crippen LogP contribution < -0.4 is 10.6 Å². The summed E-state index contributed by atoms with van der Waals surface area (Å²) in [5, 5.41) is 5.20. The summed E-state index contributed by atoms with van der Waals surface area (Å²) in [6.07, 6.45) is 5.02. The minimum Gasteiger partial charge on any atom is -0.465 e. The van der Waals surface area contributed by atoms with Crippen molar-refractivity contribution in [3.63, 3.8) is 0 Å². The van der Waals surface area contributed by atoms with Gasteiger partial charge in [0.2, 0.25) is 5.91 Å². The molecule has 1 amide bonds. The average Bonchev–Trinajstić information content (AvgIpc) is 2.40. The van der Waals surface area contributed by atoms with Crippen LogP contribution in [0.3, 0.4) is 0 Å². The summed E-state index contributed by atoms with van der Waals surface area (Å²) >= 11 is 0. The number of benzene rings is 1. The van der Waals surface area contributed by atoms with Gasteiger partial charge < -0.3 is 10.1 Å². The Morgan fingerprint density at radius 2 is 2.21 bits per heavy atom. The van der Waals surface area contributed by atoms with E-state index in [9.17, 15) is 14.0 Å². The third-order valence-electron chi connectivity index (χ3n) is 2.17. The first-order valence-corrected chi connectivity index (χ1v) is 5.40. The predicted molar refractivity (Wildman–Crippen MR) is 68.1 cm³/mol. The van der Waals surface area contributed by atoms with Gasteiger partial charge in [0.15, 0.2) is 0 Å². The second-order valence-corrected chi connectivity index (χ2v) is 3.54. The van der Waals surface area contributed by atoms with Gasteiger partial charge in [-0.05, 0) is 18.2 Å². The Hall–Kier alpha value is -2.39. The molecular weight excluding hydrogens is 251 g/mol. The van der Waals surface area contributed by atoms with E-state index in [1.807, 2.05) is 0 Å². The van der Waals surface area contributed by atoms with Gasteiger partial charge >= 0.3 is 5.97 Å². The fourth-order valence-electron chi connectivity index (χ4n) is 1.32. The maximum absolute atomic E-state index is 13.3. The Morgan fingerprint density at radius 3 is 2.84 bits per heavy atom. The Labute approximate surface area is 110 Å². The molecule has 0 radical (unpaired) electrons. The lowest BCUT2D eigenvalue weighted by molar-refractivity contribution is -0.115. The summed E-state index contributed by atoms with van der Waals surface area (Å²) < 4.78 is 17.8. The number of amides is 1. The zero-order valence-corrected chi connectivity index (χ0v) is 10.3. The fraction of sp³-hybridized carbons (Fsp3) is 0.231. The third kappa shape index (κ3) is 4.41. The predicted octanol–water partition coefficient (Wildman–Crippen LogP) is 0.774. The van der Waals surface area contributed by atoms with Crippen LogP contribution in [0.5, 0.6) is 0 Å². The van der Waals surface area contributed by atoms with Crippen molar-refractivity contribution >= 4 is 17.6 Å². The highest BCUT2D eigenvalue weighted by atomic mass is 19.1. The molecule has 6 heteroatoms. The molecule has 100 valence electrons. The van der Waals surface area contributed by atoms with E-state index >= 15 is 0 Å². The van der Waals surface area contributed by atoms with Gasteiger partial charge in [-0.15, -0.1) is 6.42 Å². The molecule has 0 aliphatic carbocycles. The van der Waals surface area contributed by atoms with Crippen LogP contribution in [-0.2, 0) is 9.53 Å². The summed E-state index contributed by atoms with van der Waals surface area (Å²) in [5.74, 6) is 0.456. The van der Waals surface area contributed by atoms with E-state index in [4.69, 9.17) is 6.42 Å². The number of hydrogen-bond donors (Lipinski definition) is 2. The van der Waals surface area contributed by atoms with Crippen LogP contribution in [0, 0.1) is 18.2 Å². The van der Waals surface area contributed by atoms with Gasteiger partial charge in [0, 0.05) is 5.69 Å². The molecule has 0 heterocycles. The standard InChI is InChI=1S/C13H13FN2O3/c1-3-6-15-8-12(17)16-9-4-5-11(14)10(7-9)13(18)19-2/h1,4-5,7,15H,6,8H2,2H3,(H,16,17). The molecule has 0 aliphatic rings. The Bertz CT molecular complexity index is 523. The number of nitrogens with one attached hydrogen (secondary N) is 2. The average molecular weight is 264 g/mol. The molecule has 0 atom stereocenters. The molecule has 0 fully saturated rings. The van der Waals surface area contributed by atoms with Crippen LogP contribution in [0.15, 0.2) is 18.2 Å². The van der Waals surface area contributed by atoms with Crippen molar-refractivity contribution in [1.82, 2.24) is 5.32 Å². The topological polar surface area (TPSA) is 67.4 Å². The first-order valence-electron chi connectivity index (χ1n) is 5.40. The monoisotopic (exact) mass is 264 g/mol. The van der Waals surface area contributed by atoms with Crippen LogP contribution in [-0.4, -0.2) is 32.1 Å². The molecule has 0 saturated carbocycles. The Morgan fingerprint density at radius 1 is 1.47 bits per heavy atom. The SMILES string of the molecule is C#CCNCC(=O)Nc1ccc(F)c(C(=O)OC)c1. The van der Waals surface area contributed by atoms with Gasteiger partial charge in [0.25, 0.3) is 0 Å². The minimum absolute atomic E-state index is 0.0230. The summed E-state index contributed by atoms with van der Waals surface area (Å²) in [5.41, 5.74) is 0.0613. The van der Waals surface area contributed by atoms with Crippen LogP contribution >= 0.6 is 0 Å². The molecule has 0 aromatic heterocycles. The third-order valence-corrected chi connectivity index (χ3v) is 2.17. The second kappa shape index (κ2) is 7.13. The number of methoxy groups -OCH3 is 1. The summed E-state index contributed by atoms with van der Waals surface area (Å²) in [6, 6.07) is 3.64. The lowest BCUT2D eigenvalue weighted by Crippen LogP contribution is -2.28. The van der Waals surface area contributed by atoms with Crippen LogP contribution in [0.1, 0.15) is 10.4 Å². The fourth-order valence-corrected chi connectivity index (χ4v) is 1.32. The first kappa shape index (κ1) is 14.7. The number of hydrogen-bond acceptors (Lipinski definition) is 4. The van der Waals surface area contributed by atoms with Crippen molar-refractivity contribution in [3.8, 4) is 12.3 Å². The van der Waals surface area contributed by atoms with Gasteiger partial charge in [0.1, 0.15) is 5.82 Å². The molecule has 0 unspecified atom stereocenters. The van der Waals surface area contributed by atoms with E-state index in [-0.39, 0.29) is 24.6 Å². The lowest BCUT2D eigenvalue weighted by atomic mass is 10.2. The second-order valence-electron chi connectivity index (χ2n) is 3.54. The first-order chi connectivity index (χ1) is 9.08. The van der Waals surface area contributed by atoms with Gasteiger partial charge in [-0.1, -0.05) is 5.92 Å². The number of ether oxygens (including phenoxy) is 1. The zero-order valence-electron chi connectivity index (χ0n) is 10.3. The van der Waals surface area contributed by atoms with E-state index in [1.165, 1.54) is 12.1 Å². The number of halogens is 1. The maximum Gasteiger partial charge on any atom is 0.340 e. The van der Waals surface area contributed by atoms with Crippen molar-refractivity contribution < 1.29 is 18.7 Å². The molecule has 1 rings (SSSR count). The number of anilines is 1. The Balaban J connectivity index is 2.72. The van der Waals surface area contributed by atoms with Gasteiger partial charge in [-0.2, -0.15) is 0 Å². The molecule has 1 aromatic rings. The van der Waals surface area contributed by atoms with Crippen LogP contribution in [0.2, 0.25) is 0 Å². The normalized spacial score (nSPS) is 9.53. The lowest BCUT2D eigenvalue weighted by Gasteiger charge is -2.07. The highest BCUT2D eigenvalue weighted by Crippen LogP contribution is 2.15. The quantitative estimate of drug-likeness (QED) is 0.468. The zero-order chi connectivity index (χ0) is 14.3. The van der Waals surface area contributed by atoms with E-state index in [2.05, 4.69) is 21.3 Å². The van der Waals surface area contributed by atoms with E-state index in [0.29, 0.717) is 5.69 Å². The molecule has 0 saturated heterocycles. The highest BCUT2D eigenvalue weighted by Gasteiger charge is 2.13. The number of rotatable bonds is 5. The van der Waals surface area contributed by atoms with Crippen molar-refractivity contribution in [1.29, 1.82) is 0 Å². The molecule has 0 bridgehead atoms. The van der Waals surface area contributed by atoms with E-state index in [0.717, 1.165) is 13.2 Å². The Kier molecular flexibility index (Phi) is 5.51. The van der Waals surface area contributed by atoms with Crippen molar-refractivity contribution in [2.75, 3.05) is 25.5 Å². The molecule has 5 nitrogen and oxygen atoms in total. The van der Waals surface area contributed by atoms with Crippen LogP contribution in [0.4, 0.5) is 10.1 Å². The van der Waals surface area contributed by atoms with Crippen molar-refractivity contribution in [2.45, 2.75) is 0 Å². The molecular formula is C13H13FN2O3. The van der Waals surface area contributed by atoms with Gasteiger partial charge in [-0.3, -0.25) is 10.1 Å². The largest absolute Gasteiger partial charge is 0.465 e. The minimum atomic E-state index is -0.806. The molecule has 1 aromatic carbocycles. The maximum atomic E-state index is 13.3. The summed E-state index contributed by atoms with van der Waals surface area (Å²) in [7, 11) is 1.15. The van der Waals surface area contributed by atoms with Crippen molar-refractivity contribution in [2.24, 2.45) is 0 Å². The molecule has 19 heavy (non-hydrogen) atoms. The molecule has 0 spiro atoms. The number of carbonyl (C=O) groups is 2. The summed E-state index contributed by atoms with van der Waals surface area (Å²) in [6.45, 7) is 0.291. The van der Waals surface area contributed by atoms with Crippen LogP contribution in [0.25, 0.3) is 0 Å². The smallest absolute Gasteiger partial charge is 0.340 e. The van der Waals surface area contributed by atoms with Gasteiger partial charge in [-0.25, -0.2) is 9.18 Å².